The Kier molecular flexibility index (Phi) is 7.16. The number of fused-ring (bicyclic) bond motifs is 8. The molecule has 58 heavy (non-hydrogen) atoms. The molecule has 270 valence electrons. The molecule has 5 nitrogen and oxygen atoms in total. The fourth-order valence-corrected chi connectivity index (χ4v) is 8.39. The predicted molar refractivity (Wildman–Crippen MR) is 237 cm³/mol. The zero-order valence-corrected chi connectivity index (χ0v) is 31.1. The van der Waals surface area contributed by atoms with Crippen LogP contribution in [0.5, 0.6) is 0 Å². The molecule has 0 amide bonds. The van der Waals surface area contributed by atoms with E-state index in [1.54, 1.807) is 0 Å². The van der Waals surface area contributed by atoms with E-state index in [1.807, 2.05) is 36.4 Å². The van der Waals surface area contributed by atoms with Crippen molar-refractivity contribution in [2.24, 2.45) is 0 Å². The highest BCUT2D eigenvalue weighted by atomic mass is 16.3. The predicted octanol–water partition coefficient (Wildman–Crippen LogP) is 14.3. The summed E-state index contributed by atoms with van der Waals surface area (Å²) >= 11 is 0. The Balaban J connectivity index is 1.14. The van der Waals surface area contributed by atoms with Gasteiger partial charge in [-0.15, -0.1) is 0 Å². The molecule has 12 rings (SSSR count). The summed E-state index contributed by atoms with van der Waals surface area (Å²) in [5, 5.41) is 8.56. The summed E-state index contributed by atoms with van der Waals surface area (Å²) in [5.41, 5.74) is 10.3. The van der Waals surface area contributed by atoms with E-state index in [2.05, 4.69) is 152 Å². The minimum absolute atomic E-state index is 0.562. The van der Waals surface area contributed by atoms with Gasteiger partial charge in [0.2, 0.25) is 0 Å². The Morgan fingerprint density at radius 1 is 0.276 bits per heavy atom. The van der Waals surface area contributed by atoms with Gasteiger partial charge in [0.25, 0.3) is 0 Å². The zero-order valence-electron chi connectivity index (χ0n) is 31.1. The van der Waals surface area contributed by atoms with Crippen molar-refractivity contribution < 1.29 is 8.83 Å². The molecule has 0 bridgehead atoms. The number of benzene rings is 9. The smallest absolute Gasteiger partial charge is 0.164 e. The molecule has 3 aromatic heterocycles. The molecule has 0 atom stereocenters. The summed E-state index contributed by atoms with van der Waals surface area (Å²) in [4.78, 5) is 15.9. The van der Waals surface area contributed by atoms with Gasteiger partial charge in [-0.25, -0.2) is 15.0 Å². The summed E-state index contributed by atoms with van der Waals surface area (Å²) in [6, 6.07) is 65.3. The number of nitrogens with zero attached hydrogens (tertiary/aromatic N) is 3. The molecule has 0 unspecified atom stereocenters. The van der Waals surface area contributed by atoms with Crippen molar-refractivity contribution in [2.45, 2.75) is 0 Å². The number of furan rings is 2. The van der Waals surface area contributed by atoms with Gasteiger partial charge >= 0.3 is 0 Å². The lowest BCUT2D eigenvalue weighted by Crippen LogP contribution is -2.01. The molecule has 0 saturated heterocycles. The molecule has 0 fully saturated rings. The largest absolute Gasteiger partial charge is 0.456 e. The van der Waals surface area contributed by atoms with Crippen molar-refractivity contribution in [1.82, 2.24) is 15.0 Å². The van der Waals surface area contributed by atoms with Crippen molar-refractivity contribution in [3.63, 3.8) is 0 Å². The van der Waals surface area contributed by atoms with Crippen molar-refractivity contribution in [3.05, 3.63) is 188 Å². The Labute approximate surface area is 332 Å². The molecule has 3 heterocycles. The Morgan fingerprint density at radius 3 is 1.71 bits per heavy atom. The third-order valence-electron chi connectivity index (χ3n) is 11.3. The Morgan fingerprint density at radius 2 is 0.879 bits per heavy atom. The second-order valence-corrected chi connectivity index (χ2v) is 14.8. The molecule has 0 N–H and O–H groups in total. The van der Waals surface area contributed by atoms with Crippen LogP contribution in [0, 0.1) is 0 Å². The molecule has 0 radical (unpaired) electrons. The third-order valence-corrected chi connectivity index (χ3v) is 11.3. The minimum atomic E-state index is 0.562. The first-order valence-electron chi connectivity index (χ1n) is 19.4. The molecule has 0 aliphatic carbocycles. The lowest BCUT2D eigenvalue weighted by molar-refractivity contribution is 0.669. The van der Waals surface area contributed by atoms with Crippen molar-refractivity contribution in [3.8, 4) is 56.4 Å². The molecular weight excluding hydrogens is 711 g/mol. The number of hydrogen-bond donors (Lipinski definition) is 0. The molecule has 0 aliphatic rings. The van der Waals surface area contributed by atoms with Gasteiger partial charge in [0, 0.05) is 38.2 Å². The lowest BCUT2D eigenvalue weighted by Gasteiger charge is -2.12. The van der Waals surface area contributed by atoms with Gasteiger partial charge in [0.15, 0.2) is 17.5 Å². The molecule has 0 saturated carbocycles. The standard InChI is InChI=1S/C53H31N3O2/c1-2-11-32(12-3-1)35-17-10-18-36(25-35)41-29-45(50-44-27-37-15-6-7-16-38(37)30-48(44)58-49(50)31-41)53-55-51(39-22-21-33-13-4-5-14-34(33)26-39)54-52(56-53)40-23-24-47-43(28-40)42-19-8-9-20-46(42)57-47/h1-31H. The van der Waals surface area contributed by atoms with Gasteiger partial charge in [-0.1, -0.05) is 127 Å². The van der Waals surface area contributed by atoms with Gasteiger partial charge in [0.05, 0.1) is 0 Å². The van der Waals surface area contributed by atoms with Crippen molar-refractivity contribution >= 4 is 65.4 Å². The van der Waals surface area contributed by atoms with E-state index < -0.39 is 0 Å². The van der Waals surface area contributed by atoms with Gasteiger partial charge in [-0.3, -0.25) is 0 Å². The third kappa shape index (κ3) is 5.36. The lowest BCUT2D eigenvalue weighted by atomic mass is 9.95. The van der Waals surface area contributed by atoms with Crippen LogP contribution in [-0.2, 0) is 0 Å². The van der Waals surface area contributed by atoms with Gasteiger partial charge in [-0.2, -0.15) is 0 Å². The summed E-state index contributed by atoms with van der Waals surface area (Å²) in [5.74, 6) is 1.72. The van der Waals surface area contributed by atoms with Crippen LogP contribution < -0.4 is 0 Å². The van der Waals surface area contributed by atoms with Gasteiger partial charge in [0.1, 0.15) is 22.3 Å². The Hall–Kier alpha value is -7.89. The minimum Gasteiger partial charge on any atom is -0.456 e. The molecule has 9 aromatic carbocycles. The van der Waals surface area contributed by atoms with Crippen LogP contribution in [0.2, 0.25) is 0 Å². The maximum Gasteiger partial charge on any atom is 0.164 e. The van der Waals surface area contributed by atoms with Crippen LogP contribution in [0.4, 0.5) is 0 Å². The molecule has 5 heteroatoms. The topological polar surface area (TPSA) is 65.0 Å². The molecule has 0 spiro atoms. The van der Waals surface area contributed by atoms with Gasteiger partial charge in [-0.05, 0) is 104 Å². The maximum absolute atomic E-state index is 6.78. The Bertz CT molecular complexity index is 3580. The van der Waals surface area contributed by atoms with E-state index in [9.17, 15) is 0 Å². The second kappa shape index (κ2) is 12.8. The van der Waals surface area contributed by atoms with Crippen LogP contribution in [0.25, 0.3) is 122 Å². The highest BCUT2D eigenvalue weighted by molar-refractivity contribution is 6.16. The molecular formula is C53H31N3O2. The van der Waals surface area contributed by atoms with Crippen LogP contribution >= 0.6 is 0 Å². The van der Waals surface area contributed by atoms with Crippen molar-refractivity contribution in [2.75, 3.05) is 0 Å². The quantitative estimate of drug-likeness (QED) is 0.176. The fourth-order valence-electron chi connectivity index (χ4n) is 8.39. The van der Waals surface area contributed by atoms with Crippen LogP contribution in [0.1, 0.15) is 0 Å². The first-order chi connectivity index (χ1) is 28.7. The van der Waals surface area contributed by atoms with Crippen LogP contribution in [0.15, 0.2) is 197 Å². The van der Waals surface area contributed by atoms with Gasteiger partial charge < -0.3 is 8.83 Å². The van der Waals surface area contributed by atoms with E-state index in [0.717, 1.165) is 104 Å². The van der Waals surface area contributed by atoms with E-state index >= 15 is 0 Å². The normalized spacial score (nSPS) is 11.8. The monoisotopic (exact) mass is 741 g/mol. The fraction of sp³-hybridized carbons (Fsp3) is 0. The zero-order chi connectivity index (χ0) is 38.2. The number of hydrogen-bond acceptors (Lipinski definition) is 5. The number of rotatable bonds is 5. The maximum atomic E-state index is 6.78. The van der Waals surface area contributed by atoms with Crippen LogP contribution in [-0.4, -0.2) is 15.0 Å². The summed E-state index contributed by atoms with van der Waals surface area (Å²) < 4.78 is 13.0. The van der Waals surface area contributed by atoms with E-state index in [4.69, 9.17) is 23.8 Å². The number of para-hydroxylation sites is 1. The van der Waals surface area contributed by atoms with Crippen molar-refractivity contribution in [1.29, 1.82) is 0 Å². The highest BCUT2D eigenvalue weighted by Crippen LogP contribution is 2.42. The molecule has 0 aliphatic heterocycles. The summed E-state index contributed by atoms with van der Waals surface area (Å²) in [7, 11) is 0. The van der Waals surface area contributed by atoms with Crippen LogP contribution in [0.3, 0.4) is 0 Å². The average molecular weight is 742 g/mol. The second-order valence-electron chi connectivity index (χ2n) is 14.8. The summed E-state index contributed by atoms with van der Waals surface area (Å²) in [6.45, 7) is 0. The first kappa shape index (κ1) is 32.4. The summed E-state index contributed by atoms with van der Waals surface area (Å²) in [6.07, 6.45) is 0. The first-order valence-corrected chi connectivity index (χ1v) is 19.4. The number of aromatic nitrogens is 3. The van der Waals surface area contributed by atoms with E-state index in [1.165, 1.54) is 0 Å². The highest BCUT2D eigenvalue weighted by Gasteiger charge is 2.21. The van der Waals surface area contributed by atoms with E-state index in [0.29, 0.717) is 17.5 Å². The molecule has 12 aromatic rings. The average Bonchev–Trinajstić information content (AvgIpc) is 3.85. The SMILES string of the molecule is c1ccc(-c2cccc(-c3cc(-c4nc(-c5ccc6ccccc6c5)nc(-c5ccc6oc7ccccc7c6c5)n4)c4c(c3)oc3cc5ccccc5cc34)c2)cc1. The van der Waals surface area contributed by atoms with E-state index in [-0.39, 0.29) is 0 Å².